The van der Waals surface area contributed by atoms with E-state index in [9.17, 15) is 4.79 Å². The Morgan fingerprint density at radius 2 is 2.11 bits per heavy atom. The van der Waals surface area contributed by atoms with Crippen LogP contribution < -0.4 is 10.1 Å². The summed E-state index contributed by atoms with van der Waals surface area (Å²) < 4.78 is 5.44. The largest absolute Gasteiger partial charge is 0.496 e. The summed E-state index contributed by atoms with van der Waals surface area (Å²) in [6.07, 6.45) is 0.684. The van der Waals surface area contributed by atoms with E-state index < -0.39 is 5.97 Å². The standard InChI is InChI=1S/C15H23NO3/c1-10(2)11-5-6-12(14(9-11)19-4)13(16-3)7-8-15(17)18/h5-6,9-10,13,16H,7-8H2,1-4H3,(H,17,18). The van der Waals surface area contributed by atoms with Crippen molar-refractivity contribution in [3.8, 4) is 5.75 Å². The van der Waals surface area contributed by atoms with Gasteiger partial charge in [0.2, 0.25) is 0 Å². The molecule has 4 nitrogen and oxygen atoms in total. The van der Waals surface area contributed by atoms with E-state index in [1.54, 1.807) is 7.11 Å². The molecule has 0 saturated carbocycles. The Balaban J connectivity index is 2.99. The summed E-state index contributed by atoms with van der Waals surface area (Å²) in [7, 11) is 3.48. The first-order valence-corrected chi connectivity index (χ1v) is 6.56. The molecule has 1 rings (SSSR count). The van der Waals surface area contributed by atoms with Crippen LogP contribution in [-0.4, -0.2) is 25.2 Å². The molecule has 0 aromatic heterocycles. The number of carbonyl (C=O) groups is 1. The van der Waals surface area contributed by atoms with Crippen LogP contribution in [0.25, 0.3) is 0 Å². The van der Waals surface area contributed by atoms with Gasteiger partial charge in [0, 0.05) is 18.0 Å². The van der Waals surface area contributed by atoms with Gasteiger partial charge in [-0.25, -0.2) is 0 Å². The van der Waals surface area contributed by atoms with Crippen molar-refractivity contribution >= 4 is 5.97 Å². The molecule has 1 aromatic carbocycles. The van der Waals surface area contributed by atoms with E-state index in [0.29, 0.717) is 12.3 Å². The average molecular weight is 265 g/mol. The molecule has 1 atom stereocenters. The number of ether oxygens (including phenoxy) is 1. The van der Waals surface area contributed by atoms with Gasteiger partial charge in [-0.15, -0.1) is 0 Å². The van der Waals surface area contributed by atoms with Crippen molar-refractivity contribution in [1.29, 1.82) is 0 Å². The number of methoxy groups -OCH3 is 1. The van der Waals surface area contributed by atoms with Gasteiger partial charge >= 0.3 is 5.97 Å². The number of hydrogen-bond acceptors (Lipinski definition) is 3. The molecule has 0 bridgehead atoms. The molecule has 0 fully saturated rings. The minimum Gasteiger partial charge on any atom is -0.496 e. The molecular weight excluding hydrogens is 242 g/mol. The number of carboxylic acids is 1. The fourth-order valence-electron chi connectivity index (χ4n) is 2.10. The molecular formula is C15H23NO3. The van der Waals surface area contributed by atoms with Crippen molar-refractivity contribution in [2.75, 3.05) is 14.2 Å². The SMILES string of the molecule is CNC(CCC(=O)O)c1ccc(C(C)C)cc1OC. The first kappa shape index (κ1) is 15.5. The topological polar surface area (TPSA) is 58.6 Å². The maximum atomic E-state index is 10.7. The van der Waals surface area contributed by atoms with E-state index in [2.05, 4.69) is 25.2 Å². The zero-order chi connectivity index (χ0) is 14.4. The molecule has 0 radical (unpaired) electrons. The number of hydrogen-bond donors (Lipinski definition) is 2. The lowest BCUT2D eigenvalue weighted by Gasteiger charge is -2.20. The molecule has 0 amide bonds. The summed E-state index contributed by atoms with van der Waals surface area (Å²) >= 11 is 0. The third kappa shape index (κ3) is 4.24. The molecule has 0 aliphatic carbocycles. The fourth-order valence-corrected chi connectivity index (χ4v) is 2.10. The second kappa shape index (κ2) is 7.14. The molecule has 1 aromatic rings. The predicted octanol–water partition coefficient (Wildman–Crippen LogP) is 2.94. The van der Waals surface area contributed by atoms with Gasteiger partial charge in [0.15, 0.2) is 0 Å². The lowest BCUT2D eigenvalue weighted by atomic mass is 9.96. The Hall–Kier alpha value is -1.55. The number of benzene rings is 1. The summed E-state index contributed by atoms with van der Waals surface area (Å²) in [5.74, 6) is 0.476. The fraction of sp³-hybridized carbons (Fsp3) is 0.533. The van der Waals surface area contributed by atoms with E-state index in [4.69, 9.17) is 9.84 Å². The molecule has 19 heavy (non-hydrogen) atoms. The van der Waals surface area contributed by atoms with E-state index >= 15 is 0 Å². The van der Waals surface area contributed by atoms with Gasteiger partial charge in [-0.2, -0.15) is 0 Å². The van der Waals surface area contributed by atoms with Crippen molar-refractivity contribution in [2.45, 2.75) is 38.6 Å². The summed E-state index contributed by atoms with van der Waals surface area (Å²) in [5.41, 5.74) is 2.23. The normalized spacial score (nSPS) is 12.5. The van der Waals surface area contributed by atoms with Crippen LogP contribution in [0.2, 0.25) is 0 Å². The summed E-state index contributed by atoms with van der Waals surface area (Å²) in [6.45, 7) is 4.27. The van der Waals surface area contributed by atoms with Crippen molar-refractivity contribution in [1.82, 2.24) is 5.32 Å². The van der Waals surface area contributed by atoms with E-state index in [-0.39, 0.29) is 12.5 Å². The van der Waals surface area contributed by atoms with Gasteiger partial charge < -0.3 is 15.2 Å². The highest BCUT2D eigenvalue weighted by atomic mass is 16.5. The molecule has 0 spiro atoms. The van der Waals surface area contributed by atoms with Gasteiger partial charge in [0.05, 0.1) is 7.11 Å². The van der Waals surface area contributed by atoms with Gasteiger partial charge in [-0.1, -0.05) is 26.0 Å². The van der Waals surface area contributed by atoms with E-state index in [0.717, 1.165) is 11.3 Å². The highest BCUT2D eigenvalue weighted by Crippen LogP contribution is 2.31. The first-order valence-electron chi connectivity index (χ1n) is 6.56. The van der Waals surface area contributed by atoms with Gasteiger partial charge in [-0.3, -0.25) is 4.79 Å². The molecule has 0 heterocycles. The van der Waals surface area contributed by atoms with Crippen LogP contribution in [0.5, 0.6) is 5.75 Å². The van der Waals surface area contributed by atoms with Crippen LogP contribution in [0.4, 0.5) is 0 Å². The average Bonchev–Trinajstić information content (AvgIpc) is 2.39. The molecule has 0 saturated heterocycles. The van der Waals surface area contributed by atoms with Crippen LogP contribution in [0, 0.1) is 0 Å². The van der Waals surface area contributed by atoms with Crippen molar-refractivity contribution in [2.24, 2.45) is 0 Å². The summed E-state index contributed by atoms with van der Waals surface area (Å²) in [6, 6.07) is 6.13. The lowest BCUT2D eigenvalue weighted by molar-refractivity contribution is -0.137. The third-order valence-electron chi connectivity index (χ3n) is 3.29. The highest BCUT2D eigenvalue weighted by molar-refractivity contribution is 5.66. The minimum atomic E-state index is -0.780. The minimum absolute atomic E-state index is 0.00716. The Bertz CT molecular complexity index is 429. The lowest BCUT2D eigenvalue weighted by Crippen LogP contribution is -2.18. The zero-order valence-electron chi connectivity index (χ0n) is 12.1. The van der Waals surface area contributed by atoms with Crippen LogP contribution >= 0.6 is 0 Å². The molecule has 2 N–H and O–H groups in total. The van der Waals surface area contributed by atoms with Gasteiger partial charge in [0.25, 0.3) is 0 Å². The zero-order valence-corrected chi connectivity index (χ0v) is 12.1. The van der Waals surface area contributed by atoms with Gasteiger partial charge in [-0.05, 0) is 31.0 Å². The van der Waals surface area contributed by atoms with E-state index in [1.807, 2.05) is 19.2 Å². The predicted molar refractivity (Wildman–Crippen MR) is 75.8 cm³/mol. The van der Waals surface area contributed by atoms with Crippen molar-refractivity contribution in [3.63, 3.8) is 0 Å². The maximum absolute atomic E-state index is 10.7. The van der Waals surface area contributed by atoms with Crippen LogP contribution in [-0.2, 0) is 4.79 Å². The Labute approximate surface area is 114 Å². The quantitative estimate of drug-likeness (QED) is 0.796. The summed E-state index contributed by atoms with van der Waals surface area (Å²) in [5, 5.41) is 11.9. The smallest absolute Gasteiger partial charge is 0.303 e. The molecule has 106 valence electrons. The molecule has 0 aliphatic heterocycles. The van der Waals surface area contributed by atoms with E-state index in [1.165, 1.54) is 5.56 Å². The monoisotopic (exact) mass is 265 g/mol. The Kier molecular flexibility index (Phi) is 5.83. The molecule has 0 aliphatic rings. The Morgan fingerprint density at radius 1 is 1.42 bits per heavy atom. The van der Waals surface area contributed by atoms with Crippen LogP contribution in [0.3, 0.4) is 0 Å². The van der Waals surface area contributed by atoms with Crippen LogP contribution in [0.15, 0.2) is 18.2 Å². The highest BCUT2D eigenvalue weighted by Gasteiger charge is 2.16. The van der Waals surface area contributed by atoms with Crippen LogP contribution in [0.1, 0.15) is 49.8 Å². The third-order valence-corrected chi connectivity index (χ3v) is 3.29. The summed E-state index contributed by atoms with van der Waals surface area (Å²) in [4.78, 5) is 10.7. The number of carboxylic acid groups (broad SMARTS) is 1. The molecule has 4 heteroatoms. The van der Waals surface area contributed by atoms with Crippen molar-refractivity contribution in [3.05, 3.63) is 29.3 Å². The Morgan fingerprint density at radius 3 is 2.58 bits per heavy atom. The second-order valence-electron chi connectivity index (χ2n) is 4.93. The maximum Gasteiger partial charge on any atom is 0.303 e. The number of nitrogens with one attached hydrogen (secondary N) is 1. The molecule has 1 unspecified atom stereocenters. The van der Waals surface area contributed by atoms with Crippen molar-refractivity contribution < 1.29 is 14.6 Å². The number of rotatable bonds is 7. The first-order chi connectivity index (χ1) is 8.99. The van der Waals surface area contributed by atoms with Gasteiger partial charge in [0.1, 0.15) is 5.75 Å². The second-order valence-corrected chi connectivity index (χ2v) is 4.93. The number of aliphatic carboxylic acids is 1.